The number of aryl methyl sites for hydroxylation is 2. The minimum Gasteiger partial charge on any atom is -0.494 e. The van der Waals surface area contributed by atoms with E-state index in [9.17, 15) is 4.39 Å². The smallest absolute Gasteiger partial charge is 0.168 e. The van der Waals surface area contributed by atoms with Crippen LogP contribution >= 0.6 is 0 Å². The molecular weight excluding hydrogens is 181 g/mol. The molecule has 0 amide bonds. The van der Waals surface area contributed by atoms with Crippen LogP contribution in [0.5, 0.6) is 5.75 Å². The standard InChI is InChI=1S/C11H16FNO/c1-8-6-9(4-3-5-13)11(12)10(7-8)14-2/h6-7H,3-5,13H2,1-2H3. The van der Waals surface area contributed by atoms with Crippen LogP contribution in [0.3, 0.4) is 0 Å². The van der Waals surface area contributed by atoms with E-state index in [0.29, 0.717) is 24.3 Å². The van der Waals surface area contributed by atoms with Gasteiger partial charge >= 0.3 is 0 Å². The SMILES string of the molecule is COc1cc(C)cc(CCCN)c1F. The van der Waals surface area contributed by atoms with Crippen LogP contribution in [-0.2, 0) is 6.42 Å². The number of halogens is 1. The first-order valence-electron chi connectivity index (χ1n) is 4.72. The molecule has 1 rings (SSSR count). The number of methoxy groups -OCH3 is 1. The van der Waals surface area contributed by atoms with Gasteiger partial charge < -0.3 is 10.5 Å². The van der Waals surface area contributed by atoms with Crippen molar-refractivity contribution >= 4 is 0 Å². The summed E-state index contributed by atoms with van der Waals surface area (Å²) < 4.78 is 18.6. The minimum atomic E-state index is -0.258. The molecule has 78 valence electrons. The number of benzene rings is 1. The fraction of sp³-hybridized carbons (Fsp3) is 0.455. The van der Waals surface area contributed by atoms with E-state index in [2.05, 4.69) is 0 Å². The van der Waals surface area contributed by atoms with Crippen molar-refractivity contribution in [2.75, 3.05) is 13.7 Å². The first kappa shape index (κ1) is 11.0. The van der Waals surface area contributed by atoms with Crippen molar-refractivity contribution < 1.29 is 9.13 Å². The molecule has 0 fully saturated rings. The Morgan fingerprint density at radius 3 is 2.71 bits per heavy atom. The van der Waals surface area contributed by atoms with Crippen molar-refractivity contribution in [3.63, 3.8) is 0 Å². The van der Waals surface area contributed by atoms with Crippen LogP contribution in [0.1, 0.15) is 17.5 Å². The molecule has 0 atom stereocenters. The van der Waals surface area contributed by atoms with Crippen LogP contribution < -0.4 is 10.5 Å². The van der Waals surface area contributed by atoms with E-state index < -0.39 is 0 Å². The summed E-state index contributed by atoms with van der Waals surface area (Å²) in [5, 5.41) is 0. The van der Waals surface area contributed by atoms with Gasteiger partial charge in [-0.1, -0.05) is 6.07 Å². The number of nitrogens with two attached hydrogens (primary N) is 1. The Hall–Kier alpha value is -1.09. The summed E-state index contributed by atoms with van der Waals surface area (Å²) in [4.78, 5) is 0. The molecule has 1 aromatic carbocycles. The van der Waals surface area contributed by atoms with E-state index in [1.807, 2.05) is 13.0 Å². The molecule has 0 aliphatic carbocycles. The van der Waals surface area contributed by atoms with Crippen LogP contribution in [0.25, 0.3) is 0 Å². The molecular formula is C11H16FNO. The Kier molecular flexibility index (Phi) is 3.89. The molecule has 0 spiro atoms. The maximum Gasteiger partial charge on any atom is 0.168 e. The average Bonchev–Trinajstić information content (AvgIpc) is 2.18. The monoisotopic (exact) mass is 197 g/mol. The fourth-order valence-corrected chi connectivity index (χ4v) is 1.43. The van der Waals surface area contributed by atoms with Gasteiger partial charge in [-0.05, 0) is 43.5 Å². The van der Waals surface area contributed by atoms with Crippen molar-refractivity contribution in [1.29, 1.82) is 0 Å². The van der Waals surface area contributed by atoms with Crippen LogP contribution in [-0.4, -0.2) is 13.7 Å². The summed E-state index contributed by atoms with van der Waals surface area (Å²) in [5.74, 6) is 0.0589. The first-order chi connectivity index (χ1) is 6.69. The summed E-state index contributed by atoms with van der Waals surface area (Å²) in [5.41, 5.74) is 7.08. The number of rotatable bonds is 4. The molecule has 3 heteroatoms. The van der Waals surface area contributed by atoms with E-state index in [1.165, 1.54) is 7.11 Å². The molecule has 0 aliphatic heterocycles. The van der Waals surface area contributed by atoms with Gasteiger partial charge in [-0.3, -0.25) is 0 Å². The maximum absolute atomic E-state index is 13.6. The van der Waals surface area contributed by atoms with Crippen LogP contribution in [0.4, 0.5) is 4.39 Å². The lowest BCUT2D eigenvalue weighted by Crippen LogP contribution is -2.03. The first-order valence-corrected chi connectivity index (χ1v) is 4.72. The van der Waals surface area contributed by atoms with Crippen molar-refractivity contribution in [3.8, 4) is 5.75 Å². The summed E-state index contributed by atoms with van der Waals surface area (Å²) in [7, 11) is 1.48. The largest absolute Gasteiger partial charge is 0.494 e. The van der Waals surface area contributed by atoms with Crippen molar-refractivity contribution in [2.24, 2.45) is 5.73 Å². The van der Waals surface area contributed by atoms with Crippen molar-refractivity contribution in [3.05, 3.63) is 29.1 Å². The van der Waals surface area contributed by atoms with Gasteiger partial charge in [-0.15, -0.1) is 0 Å². The molecule has 0 aromatic heterocycles. The normalized spacial score (nSPS) is 10.3. The highest BCUT2D eigenvalue weighted by molar-refractivity contribution is 5.35. The van der Waals surface area contributed by atoms with Gasteiger partial charge in [0.25, 0.3) is 0 Å². The molecule has 2 N–H and O–H groups in total. The molecule has 0 bridgehead atoms. The molecule has 0 saturated carbocycles. The van der Waals surface area contributed by atoms with Gasteiger partial charge in [0, 0.05) is 0 Å². The predicted molar refractivity (Wildman–Crippen MR) is 55.1 cm³/mol. The second-order valence-corrected chi connectivity index (χ2v) is 3.33. The zero-order valence-electron chi connectivity index (χ0n) is 8.64. The second kappa shape index (κ2) is 4.96. The Morgan fingerprint density at radius 1 is 1.43 bits per heavy atom. The Labute approximate surface area is 83.9 Å². The third kappa shape index (κ3) is 2.45. The lowest BCUT2D eigenvalue weighted by atomic mass is 10.1. The summed E-state index contributed by atoms with van der Waals surface area (Å²) in [6.45, 7) is 2.50. The van der Waals surface area contributed by atoms with Gasteiger partial charge in [-0.25, -0.2) is 4.39 Å². The van der Waals surface area contributed by atoms with Gasteiger partial charge in [0.05, 0.1) is 7.11 Å². The highest BCUT2D eigenvalue weighted by Gasteiger charge is 2.09. The number of ether oxygens (including phenoxy) is 1. The Balaban J connectivity index is 2.96. The predicted octanol–water partition coefficient (Wildman–Crippen LogP) is 2.03. The maximum atomic E-state index is 13.6. The van der Waals surface area contributed by atoms with Crippen molar-refractivity contribution in [1.82, 2.24) is 0 Å². The highest BCUT2D eigenvalue weighted by Crippen LogP contribution is 2.23. The zero-order valence-corrected chi connectivity index (χ0v) is 8.64. The molecule has 2 nitrogen and oxygen atoms in total. The van der Waals surface area contributed by atoms with E-state index in [4.69, 9.17) is 10.5 Å². The average molecular weight is 197 g/mol. The lowest BCUT2D eigenvalue weighted by molar-refractivity contribution is 0.383. The number of hydrogen-bond acceptors (Lipinski definition) is 2. The van der Waals surface area contributed by atoms with Crippen LogP contribution in [0.2, 0.25) is 0 Å². The molecule has 0 aliphatic rings. The summed E-state index contributed by atoms with van der Waals surface area (Å²) in [6.07, 6.45) is 1.46. The molecule has 0 heterocycles. The molecule has 0 saturated heterocycles. The molecule has 0 unspecified atom stereocenters. The van der Waals surface area contributed by atoms with Crippen LogP contribution in [0, 0.1) is 12.7 Å². The Morgan fingerprint density at radius 2 is 2.14 bits per heavy atom. The molecule has 0 radical (unpaired) electrons. The van der Waals surface area contributed by atoms with E-state index >= 15 is 0 Å². The number of hydrogen-bond donors (Lipinski definition) is 1. The third-order valence-corrected chi connectivity index (χ3v) is 2.13. The van der Waals surface area contributed by atoms with Gasteiger partial charge in [-0.2, -0.15) is 0 Å². The van der Waals surface area contributed by atoms with Crippen molar-refractivity contribution in [2.45, 2.75) is 19.8 Å². The van der Waals surface area contributed by atoms with E-state index in [-0.39, 0.29) is 5.82 Å². The van der Waals surface area contributed by atoms with Crippen LogP contribution in [0.15, 0.2) is 12.1 Å². The summed E-state index contributed by atoms with van der Waals surface area (Å²) >= 11 is 0. The quantitative estimate of drug-likeness (QED) is 0.801. The van der Waals surface area contributed by atoms with E-state index in [1.54, 1.807) is 6.07 Å². The zero-order chi connectivity index (χ0) is 10.6. The minimum absolute atomic E-state index is 0.258. The van der Waals surface area contributed by atoms with Gasteiger partial charge in [0.1, 0.15) is 0 Å². The van der Waals surface area contributed by atoms with Gasteiger partial charge in [0.15, 0.2) is 11.6 Å². The molecule has 14 heavy (non-hydrogen) atoms. The Bertz CT molecular complexity index is 312. The third-order valence-electron chi connectivity index (χ3n) is 2.13. The second-order valence-electron chi connectivity index (χ2n) is 3.33. The summed E-state index contributed by atoms with van der Waals surface area (Å²) in [6, 6.07) is 3.54. The lowest BCUT2D eigenvalue weighted by Gasteiger charge is -2.08. The molecule has 1 aromatic rings. The van der Waals surface area contributed by atoms with Gasteiger partial charge in [0.2, 0.25) is 0 Å². The fourth-order valence-electron chi connectivity index (χ4n) is 1.43. The topological polar surface area (TPSA) is 35.2 Å². The highest BCUT2D eigenvalue weighted by atomic mass is 19.1. The van der Waals surface area contributed by atoms with E-state index in [0.717, 1.165) is 12.0 Å².